The fourth-order valence-corrected chi connectivity index (χ4v) is 2.12. The smallest absolute Gasteiger partial charge is 0.223 e. The Morgan fingerprint density at radius 3 is 2.53 bits per heavy atom. The van der Waals surface area contributed by atoms with Crippen LogP contribution in [0.5, 0.6) is 11.6 Å². The van der Waals surface area contributed by atoms with E-state index in [0.29, 0.717) is 5.88 Å². The molecule has 0 fully saturated rings. The van der Waals surface area contributed by atoms with Crippen LogP contribution in [0.2, 0.25) is 0 Å². The fraction of sp³-hybridized carbons (Fsp3) is 0.400. The van der Waals surface area contributed by atoms with E-state index in [-0.39, 0.29) is 6.61 Å². The minimum absolute atomic E-state index is 0.0665. The third kappa shape index (κ3) is 2.96. The Hall–Kier alpha value is -1.81. The summed E-state index contributed by atoms with van der Waals surface area (Å²) in [5, 5.41) is 13.6. The lowest BCUT2D eigenvalue weighted by Gasteiger charge is -2.08. The van der Waals surface area contributed by atoms with Crippen molar-refractivity contribution in [2.45, 2.75) is 33.3 Å². The maximum absolute atomic E-state index is 9.37. The maximum atomic E-state index is 9.37. The van der Waals surface area contributed by atoms with Crippen molar-refractivity contribution in [2.75, 3.05) is 0 Å². The Morgan fingerprint density at radius 2 is 1.95 bits per heavy atom. The quantitative estimate of drug-likeness (QED) is 0.899. The highest BCUT2D eigenvalue weighted by molar-refractivity contribution is 5.36. The Kier molecular flexibility index (Phi) is 4.22. The van der Waals surface area contributed by atoms with Crippen LogP contribution in [0.4, 0.5) is 0 Å². The van der Waals surface area contributed by atoms with Crippen molar-refractivity contribution < 1.29 is 9.84 Å². The average molecular weight is 260 g/mol. The number of benzene rings is 1. The number of aryl methyl sites for hydroxylation is 3. The number of ether oxygens (including phenoxy) is 1. The molecule has 0 radical (unpaired) electrons. The minimum Gasteiger partial charge on any atom is -0.439 e. The summed E-state index contributed by atoms with van der Waals surface area (Å²) in [6, 6.07) is 8.05. The highest BCUT2D eigenvalue weighted by Crippen LogP contribution is 2.27. The van der Waals surface area contributed by atoms with Crippen molar-refractivity contribution in [3.63, 3.8) is 0 Å². The van der Waals surface area contributed by atoms with Gasteiger partial charge in [-0.3, -0.25) is 0 Å². The van der Waals surface area contributed by atoms with Crippen molar-refractivity contribution in [2.24, 2.45) is 7.05 Å². The average Bonchev–Trinajstić information content (AvgIpc) is 2.66. The number of aromatic nitrogens is 2. The first-order valence-electron chi connectivity index (χ1n) is 6.55. The molecule has 0 bridgehead atoms. The molecule has 4 heteroatoms. The SMILES string of the molecule is CCCc1ccc(Oc2c(CO)c(C)nn2C)cc1. The maximum Gasteiger partial charge on any atom is 0.223 e. The number of hydrogen-bond donors (Lipinski definition) is 1. The topological polar surface area (TPSA) is 47.3 Å². The van der Waals surface area contributed by atoms with Crippen molar-refractivity contribution in [1.29, 1.82) is 0 Å². The van der Waals surface area contributed by atoms with Crippen LogP contribution < -0.4 is 4.74 Å². The van der Waals surface area contributed by atoms with E-state index in [0.717, 1.165) is 29.8 Å². The molecule has 0 spiro atoms. The summed E-state index contributed by atoms with van der Waals surface area (Å²) in [4.78, 5) is 0. The molecule has 102 valence electrons. The number of rotatable bonds is 5. The van der Waals surface area contributed by atoms with Crippen LogP contribution in [0, 0.1) is 6.92 Å². The van der Waals surface area contributed by atoms with Gasteiger partial charge >= 0.3 is 0 Å². The molecule has 2 rings (SSSR count). The molecule has 0 aliphatic rings. The molecule has 0 saturated carbocycles. The predicted molar refractivity (Wildman–Crippen MR) is 74.4 cm³/mol. The molecule has 1 aromatic heterocycles. The van der Waals surface area contributed by atoms with Crippen LogP contribution >= 0.6 is 0 Å². The van der Waals surface area contributed by atoms with E-state index in [4.69, 9.17) is 4.74 Å². The zero-order valence-corrected chi connectivity index (χ0v) is 11.7. The van der Waals surface area contributed by atoms with Crippen LogP contribution in [-0.4, -0.2) is 14.9 Å². The lowest BCUT2D eigenvalue weighted by molar-refractivity contribution is 0.274. The zero-order chi connectivity index (χ0) is 13.8. The fourth-order valence-electron chi connectivity index (χ4n) is 2.12. The van der Waals surface area contributed by atoms with Crippen molar-refractivity contribution in [3.05, 3.63) is 41.1 Å². The molecule has 4 nitrogen and oxygen atoms in total. The largest absolute Gasteiger partial charge is 0.439 e. The van der Waals surface area contributed by atoms with E-state index in [9.17, 15) is 5.11 Å². The molecule has 1 heterocycles. The molecule has 0 aliphatic heterocycles. The first-order chi connectivity index (χ1) is 9.15. The van der Waals surface area contributed by atoms with E-state index < -0.39 is 0 Å². The second-order valence-corrected chi connectivity index (χ2v) is 4.65. The lowest BCUT2D eigenvalue weighted by Crippen LogP contribution is -1.97. The third-order valence-corrected chi connectivity index (χ3v) is 3.12. The van der Waals surface area contributed by atoms with Crippen molar-refractivity contribution in [3.8, 4) is 11.6 Å². The summed E-state index contributed by atoms with van der Waals surface area (Å²) < 4.78 is 7.48. The Labute approximate surface area is 113 Å². The normalized spacial score (nSPS) is 10.7. The van der Waals surface area contributed by atoms with Crippen LogP contribution in [0.1, 0.15) is 30.2 Å². The zero-order valence-electron chi connectivity index (χ0n) is 11.7. The number of hydrogen-bond acceptors (Lipinski definition) is 3. The summed E-state index contributed by atoms with van der Waals surface area (Å²) >= 11 is 0. The van der Waals surface area contributed by atoms with Crippen LogP contribution in [0.25, 0.3) is 0 Å². The van der Waals surface area contributed by atoms with Crippen LogP contribution in [0.15, 0.2) is 24.3 Å². The predicted octanol–water partition coefficient (Wildman–Crippen LogP) is 2.97. The van der Waals surface area contributed by atoms with Crippen LogP contribution in [0.3, 0.4) is 0 Å². The molecule has 0 amide bonds. The number of aliphatic hydroxyl groups excluding tert-OH is 1. The van der Waals surface area contributed by atoms with E-state index >= 15 is 0 Å². The van der Waals surface area contributed by atoms with Gasteiger partial charge in [0.1, 0.15) is 5.75 Å². The first-order valence-corrected chi connectivity index (χ1v) is 6.55. The Balaban J connectivity index is 2.21. The van der Waals surface area contributed by atoms with Gasteiger partial charge in [0.2, 0.25) is 5.88 Å². The monoisotopic (exact) mass is 260 g/mol. The van der Waals surface area contributed by atoms with Gasteiger partial charge in [0.15, 0.2) is 0 Å². The van der Waals surface area contributed by atoms with E-state index in [1.165, 1.54) is 5.56 Å². The molecular formula is C15H20N2O2. The lowest BCUT2D eigenvalue weighted by atomic mass is 10.1. The number of aliphatic hydroxyl groups is 1. The second-order valence-electron chi connectivity index (χ2n) is 4.65. The molecule has 0 saturated heterocycles. The van der Waals surface area contributed by atoms with E-state index in [1.54, 1.807) is 4.68 Å². The van der Waals surface area contributed by atoms with E-state index in [2.05, 4.69) is 24.2 Å². The Bertz CT molecular complexity index is 544. The molecule has 0 aliphatic carbocycles. The highest BCUT2D eigenvalue weighted by atomic mass is 16.5. The molecule has 1 N–H and O–H groups in total. The highest BCUT2D eigenvalue weighted by Gasteiger charge is 2.14. The second kappa shape index (κ2) is 5.89. The van der Waals surface area contributed by atoms with Gasteiger partial charge in [-0.25, -0.2) is 4.68 Å². The van der Waals surface area contributed by atoms with Gasteiger partial charge in [-0.1, -0.05) is 25.5 Å². The summed E-state index contributed by atoms with van der Waals surface area (Å²) in [5.74, 6) is 1.36. The summed E-state index contributed by atoms with van der Waals surface area (Å²) in [7, 11) is 1.81. The molecule has 1 aromatic carbocycles. The molecular weight excluding hydrogens is 240 g/mol. The summed E-state index contributed by atoms with van der Waals surface area (Å²) in [6.45, 7) is 3.96. The van der Waals surface area contributed by atoms with Gasteiger partial charge in [-0.05, 0) is 31.0 Å². The molecule has 19 heavy (non-hydrogen) atoms. The van der Waals surface area contributed by atoms with Crippen molar-refractivity contribution in [1.82, 2.24) is 9.78 Å². The van der Waals surface area contributed by atoms with Gasteiger partial charge in [-0.15, -0.1) is 0 Å². The van der Waals surface area contributed by atoms with Gasteiger partial charge in [0.05, 0.1) is 17.9 Å². The van der Waals surface area contributed by atoms with Crippen molar-refractivity contribution >= 4 is 0 Å². The summed E-state index contributed by atoms with van der Waals surface area (Å²) in [6.07, 6.45) is 2.21. The third-order valence-electron chi connectivity index (χ3n) is 3.12. The van der Waals surface area contributed by atoms with Gasteiger partial charge in [0.25, 0.3) is 0 Å². The number of nitrogens with zero attached hydrogens (tertiary/aromatic N) is 2. The first kappa shape index (κ1) is 13.6. The Morgan fingerprint density at radius 1 is 1.26 bits per heavy atom. The molecule has 2 aromatic rings. The molecule has 0 atom stereocenters. The van der Waals surface area contributed by atoms with Gasteiger partial charge in [-0.2, -0.15) is 5.10 Å². The van der Waals surface area contributed by atoms with Gasteiger partial charge in [0, 0.05) is 7.05 Å². The molecule has 0 unspecified atom stereocenters. The van der Waals surface area contributed by atoms with Gasteiger partial charge < -0.3 is 9.84 Å². The standard InChI is InChI=1S/C15H20N2O2/c1-4-5-12-6-8-13(9-7-12)19-15-14(10-18)11(2)16-17(15)3/h6-9,18H,4-5,10H2,1-3H3. The minimum atomic E-state index is -0.0665. The van der Waals surface area contributed by atoms with Crippen LogP contribution in [-0.2, 0) is 20.1 Å². The van der Waals surface area contributed by atoms with E-state index in [1.807, 2.05) is 26.1 Å². The summed E-state index contributed by atoms with van der Waals surface area (Å²) in [5.41, 5.74) is 2.83.